The van der Waals surface area contributed by atoms with Crippen molar-refractivity contribution in [3.8, 4) is 0 Å². The topological polar surface area (TPSA) is 26.0 Å². The molecule has 0 amide bonds. The van der Waals surface area contributed by atoms with Gasteiger partial charge in [0.2, 0.25) is 0 Å². The standard InChI is InChI=1S/C13H18FNS/c1-9-4-2-5-10(8-9)16-12-7-3-6-11(14)13(12)15/h3,6-7,9-10H,2,4-5,8,15H2,1H3. The van der Waals surface area contributed by atoms with E-state index in [-0.39, 0.29) is 5.82 Å². The molecule has 88 valence electrons. The molecule has 0 aromatic heterocycles. The molecule has 3 heteroatoms. The number of thioether (sulfide) groups is 1. The van der Waals surface area contributed by atoms with Crippen molar-refractivity contribution < 1.29 is 4.39 Å². The Hall–Kier alpha value is -0.700. The molecule has 1 saturated carbocycles. The minimum absolute atomic E-state index is 0.297. The molecule has 0 aliphatic heterocycles. The Morgan fingerprint density at radius 3 is 2.94 bits per heavy atom. The predicted molar refractivity (Wildman–Crippen MR) is 68.1 cm³/mol. The van der Waals surface area contributed by atoms with Gasteiger partial charge in [0.1, 0.15) is 5.82 Å². The van der Waals surface area contributed by atoms with Crippen molar-refractivity contribution in [1.82, 2.24) is 0 Å². The summed E-state index contributed by atoms with van der Waals surface area (Å²) in [4.78, 5) is 0.902. The highest BCUT2D eigenvalue weighted by atomic mass is 32.2. The van der Waals surface area contributed by atoms with Crippen LogP contribution >= 0.6 is 11.8 Å². The van der Waals surface area contributed by atoms with Crippen molar-refractivity contribution in [2.45, 2.75) is 42.8 Å². The molecule has 0 spiro atoms. The summed E-state index contributed by atoms with van der Waals surface area (Å²) in [6, 6.07) is 5.07. The van der Waals surface area contributed by atoms with E-state index < -0.39 is 0 Å². The Morgan fingerprint density at radius 2 is 2.19 bits per heavy atom. The van der Waals surface area contributed by atoms with Crippen LogP contribution in [0.15, 0.2) is 23.1 Å². The monoisotopic (exact) mass is 239 g/mol. The number of hydrogen-bond acceptors (Lipinski definition) is 2. The van der Waals surface area contributed by atoms with Crippen LogP contribution in [-0.4, -0.2) is 5.25 Å². The summed E-state index contributed by atoms with van der Waals surface area (Å²) in [7, 11) is 0. The molecule has 1 aliphatic rings. The zero-order valence-electron chi connectivity index (χ0n) is 9.58. The largest absolute Gasteiger partial charge is 0.395 e. The van der Waals surface area contributed by atoms with Crippen LogP contribution in [0, 0.1) is 11.7 Å². The summed E-state index contributed by atoms with van der Waals surface area (Å²) in [5, 5.41) is 0.604. The van der Waals surface area contributed by atoms with Gasteiger partial charge in [-0.05, 0) is 30.9 Å². The fourth-order valence-corrected chi connectivity index (χ4v) is 3.74. The number of nitrogen functional groups attached to an aromatic ring is 1. The second kappa shape index (κ2) is 5.09. The van der Waals surface area contributed by atoms with E-state index in [1.807, 2.05) is 6.07 Å². The SMILES string of the molecule is CC1CCCC(Sc2cccc(F)c2N)C1. The number of halogens is 1. The predicted octanol–water partition coefficient (Wildman–Crippen LogP) is 4.08. The van der Waals surface area contributed by atoms with Gasteiger partial charge in [-0.15, -0.1) is 11.8 Å². The van der Waals surface area contributed by atoms with E-state index in [0.29, 0.717) is 10.9 Å². The van der Waals surface area contributed by atoms with Crippen molar-refractivity contribution in [2.75, 3.05) is 5.73 Å². The zero-order chi connectivity index (χ0) is 11.5. The van der Waals surface area contributed by atoms with Crippen LogP contribution in [-0.2, 0) is 0 Å². The summed E-state index contributed by atoms with van der Waals surface area (Å²) in [6.45, 7) is 2.29. The van der Waals surface area contributed by atoms with Crippen LogP contribution in [0.1, 0.15) is 32.6 Å². The van der Waals surface area contributed by atoms with Gasteiger partial charge in [-0.25, -0.2) is 4.39 Å². The molecule has 2 atom stereocenters. The van der Waals surface area contributed by atoms with E-state index in [9.17, 15) is 4.39 Å². The minimum atomic E-state index is -0.297. The highest BCUT2D eigenvalue weighted by Crippen LogP contribution is 2.38. The molecular formula is C13H18FNS. The Morgan fingerprint density at radius 1 is 1.38 bits per heavy atom. The summed E-state index contributed by atoms with van der Waals surface area (Å²) in [5.41, 5.74) is 6.05. The van der Waals surface area contributed by atoms with Gasteiger partial charge in [0, 0.05) is 10.1 Å². The molecule has 1 aromatic carbocycles. The lowest BCUT2D eigenvalue weighted by molar-refractivity contribution is 0.394. The third kappa shape index (κ3) is 2.70. The number of rotatable bonds is 2. The Bertz CT molecular complexity index is 367. The van der Waals surface area contributed by atoms with Gasteiger partial charge in [-0.1, -0.05) is 25.8 Å². The molecule has 2 N–H and O–H groups in total. The average molecular weight is 239 g/mol. The Kier molecular flexibility index (Phi) is 3.74. The molecule has 0 saturated heterocycles. The number of anilines is 1. The molecule has 2 unspecified atom stereocenters. The van der Waals surface area contributed by atoms with Gasteiger partial charge in [-0.2, -0.15) is 0 Å². The molecule has 0 bridgehead atoms. The van der Waals surface area contributed by atoms with Gasteiger partial charge in [0.15, 0.2) is 0 Å². The van der Waals surface area contributed by atoms with E-state index >= 15 is 0 Å². The van der Waals surface area contributed by atoms with Gasteiger partial charge in [-0.3, -0.25) is 0 Å². The fourth-order valence-electron chi connectivity index (χ4n) is 2.29. The fraction of sp³-hybridized carbons (Fsp3) is 0.538. The first-order valence-corrected chi connectivity index (χ1v) is 6.75. The maximum atomic E-state index is 13.3. The van der Waals surface area contributed by atoms with Crippen LogP contribution in [0.2, 0.25) is 0 Å². The second-order valence-corrected chi connectivity index (χ2v) is 6.01. The van der Waals surface area contributed by atoms with Crippen molar-refractivity contribution >= 4 is 17.4 Å². The first kappa shape index (κ1) is 11.8. The summed E-state index contributed by atoms with van der Waals surface area (Å²) < 4.78 is 13.3. The molecule has 16 heavy (non-hydrogen) atoms. The van der Waals surface area contributed by atoms with E-state index in [4.69, 9.17) is 5.73 Å². The maximum Gasteiger partial charge on any atom is 0.147 e. The smallest absolute Gasteiger partial charge is 0.147 e. The normalized spacial score (nSPS) is 25.6. The number of para-hydroxylation sites is 1. The first-order valence-electron chi connectivity index (χ1n) is 5.87. The van der Waals surface area contributed by atoms with E-state index in [1.54, 1.807) is 17.8 Å². The molecular weight excluding hydrogens is 221 g/mol. The molecule has 0 radical (unpaired) electrons. The molecule has 2 rings (SSSR count). The molecule has 1 fully saturated rings. The van der Waals surface area contributed by atoms with Crippen LogP contribution < -0.4 is 5.73 Å². The number of nitrogens with two attached hydrogens (primary N) is 1. The zero-order valence-corrected chi connectivity index (χ0v) is 10.4. The second-order valence-electron chi connectivity index (χ2n) is 4.66. The third-order valence-electron chi connectivity index (χ3n) is 3.19. The maximum absolute atomic E-state index is 13.3. The Labute approximate surface area is 101 Å². The van der Waals surface area contributed by atoms with Gasteiger partial charge in [0.25, 0.3) is 0 Å². The van der Waals surface area contributed by atoms with E-state index in [2.05, 4.69) is 6.92 Å². The van der Waals surface area contributed by atoms with Gasteiger partial charge < -0.3 is 5.73 Å². The van der Waals surface area contributed by atoms with Crippen molar-refractivity contribution in [3.05, 3.63) is 24.0 Å². The van der Waals surface area contributed by atoms with Gasteiger partial charge in [0.05, 0.1) is 5.69 Å². The highest BCUT2D eigenvalue weighted by molar-refractivity contribution is 8.00. The number of benzene rings is 1. The molecule has 1 aliphatic carbocycles. The molecule has 1 nitrogen and oxygen atoms in total. The Balaban J connectivity index is 2.05. The molecule has 0 heterocycles. The number of hydrogen-bond donors (Lipinski definition) is 1. The van der Waals surface area contributed by atoms with Crippen molar-refractivity contribution in [1.29, 1.82) is 0 Å². The lowest BCUT2D eigenvalue weighted by Crippen LogP contribution is -2.15. The van der Waals surface area contributed by atoms with Crippen LogP contribution in [0.5, 0.6) is 0 Å². The minimum Gasteiger partial charge on any atom is -0.395 e. The first-order chi connectivity index (χ1) is 7.66. The van der Waals surface area contributed by atoms with Crippen molar-refractivity contribution in [3.63, 3.8) is 0 Å². The molecule has 1 aromatic rings. The lowest BCUT2D eigenvalue weighted by atomic mass is 9.91. The van der Waals surface area contributed by atoms with Gasteiger partial charge >= 0.3 is 0 Å². The van der Waals surface area contributed by atoms with E-state index in [0.717, 1.165) is 10.8 Å². The summed E-state index contributed by atoms with van der Waals surface area (Å²) in [5.74, 6) is 0.495. The summed E-state index contributed by atoms with van der Waals surface area (Å²) >= 11 is 1.74. The van der Waals surface area contributed by atoms with Crippen LogP contribution in [0.4, 0.5) is 10.1 Å². The van der Waals surface area contributed by atoms with Crippen LogP contribution in [0.25, 0.3) is 0 Å². The average Bonchev–Trinajstić information content (AvgIpc) is 2.25. The highest BCUT2D eigenvalue weighted by Gasteiger charge is 2.20. The quantitative estimate of drug-likeness (QED) is 0.787. The summed E-state index contributed by atoms with van der Waals surface area (Å²) in [6.07, 6.45) is 5.06. The van der Waals surface area contributed by atoms with E-state index in [1.165, 1.54) is 31.7 Å². The van der Waals surface area contributed by atoms with Crippen LogP contribution in [0.3, 0.4) is 0 Å². The third-order valence-corrected chi connectivity index (χ3v) is 4.57. The lowest BCUT2D eigenvalue weighted by Gasteiger charge is -2.26. The van der Waals surface area contributed by atoms with Crippen molar-refractivity contribution in [2.24, 2.45) is 5.92 Å².